The van der Waals surface area contributed by atoms with Crippen molar-refractivity contribution in [3.05, 3.63) is 0 Å². The Hall–Kier alpha value is -0.0400. The first-order valence-corrected chi connectivity index (χ1v) is 5.86. The minimum absolute atomic E-state index is 0.00678. The quantitative estimate of drug-likeness (QED) is 0.617. The van der Waals surface area contributed by atoms with E-state index in [0.717, 1.165) is 6.42 Å². The van der Waals surface area contributed by atoms with Crippen LogP contribution in [0.15, 0.2) is 0 Å². The van der Waals surface area contributed by atoms with Crippen LogP contribution in [0, 0.1) is 5.41 Å². The molecule has 0 fully saturated rings. The van der Waals surface area contributed by atoms with E-state index in [9.17, 15) is 0 Å². The normalized spacial score (nSPS) is 13.7. The lowest BCUT2D eigenvalue weighted by atomic mass is 9.78. The van der Waals surface area contributed by atoms with Gasteiger partial charge in [0.25, 0.3) is 0 Å². The van der Waals surface area contributed by atoms with Crippen molar-refractivity contribution in [3.63, 3.8) is 0 Å². The summed E-state index contributed by atoms with van der Waals surface area (Å²) in [4.78, 5) is 0. The Morgan fingerprint density at radius 1 is 1.07 bits per heavy atom. The molecule has 1 heteroatoms. The van der Waals surface area contributed by atoms with Crippen LogP contribution in [0.25, 0.3) is 0 Å². The molecular formula is C13H28O. The highest BCUT2D eigenvalue weighted by Crippen LogP contribution is 2.34. The smallest absolute Gasteiger partial charge is 0.0635 e. The predicted molar refractivity (Wildman–Crippen MR) is 63.6 cm³/mol. The average molecular weight is 200 g/mol. The summed E-state index contributed by atoms with van der Waals surface area (Å²) in [5.41, 5.74) is 0.403. The lowest BCUT2D eigenvalue weighted by Crippen LogP contribution is -2.33. The van der Waals surface area contributed by atoms with E-state index in [2.05, 4.69) is 48.5 Å². The molecule has 0 aromatic rings. The second-order valence-electron chi connectivity index (χ2n) is 6.02. The van der Waals surface area contributed by atoms with Crippen molar-refractivity contribution in [2.24, 2.45) is 5.41 Å². The number of hydrogen-bond donors (Lipinski definition) is 0. The summed E-state index contributed by atoms with van der Waals surface area (Å²) in [6.07, 6.45) is 3.98. The van der Waals surface area contributed by atoms with E-state index in [1.54, 1.807) is 0 Å². The minimum Gasteiger partial charge on any atom is -0.373 e. The molecule has 0 spiro atoms. The Kier molecular flexibility index (Phi) is 5.14. The summed E-state index contributed by atoms with van der Waals surface area (Å²) in [5, 5.41) is 0. The van der Waals surface area contributed by atoms with Crippen molar-refractivity contribution >= 4 is 0 Å². The fourth-order valence-electron chi connectivity index (χ4n) is 2.60. The highest BCUT2D eigenvalue weighted by Gasteiger charge is 2.29. The van der Waals surface area contributed by atoms with Crippen LogP contribution in [-0.2, 0) is 4.74 Å². The topological polar surface area (TPSA) is 9.23 Å². The average Bonchev–Trinajstić information content (AvgIpc) is 1.78. The molecule has 0 unspecified atom stereocenters. The molecule has 0 saturated heterocycles. The molecule has 0 amide bonds. The molecule has 0 aliphatic heterocycles. The molecule has 86 valence electrons. The standard InChI is InChI=1S/C13H28O/c1-8-9-12(4,5)10-13(6,7)14-11(2)3/h11H,8-10H2,1-7H3. The maximum absolute atomic E-state index is 5.92. The number of ether oxygens (including phenoxy) is 1. The van der Waals surface area contributed by atoms with Crippen molar-refractivity contribution < 1.29 is 4.74 Å². The summed E-state index contributed by atoms with van der Waals surface area (Å²) in [6, 6.07) is 0. The van der Waals surface area contributed by atoms with Gasteiger partial charge in [0.2, 0.25) is 0 Å². The molecule has 0 aliphatic carbocycles. The molecule has 0 aromatic carbocycles. The highest BCUT2D eigenvalue weighted by atomic mass is 16.5. The molecule has 0 bridgehead atoms. The van der Waals surface area contributed by atoms with E-state index in [1.165, 1.54) is 12.8 Å². The van der Waals surface area contributed by atoms with E-state index in [-0.39, 0.29) is 5.60 Å². The van der Waals surface area contributed by atoms with Gasteiger partial charge in [-0.25, -0.2) is 0 Å². The molecule has 0 radical (unpaired) electrons. The molecule has 0 aromatic heterocycles. The van der Waals surface area contributed by atoms with Gasteiger partial charge in [0.15, 0.2) is 0 Å². The molecule has 0 atom stereocenters. The summed E-state index contributed by atoms with van der Waals surface area (Å²) in [7, 11) is 0. The molecule has 0 aliphatic rings. The van der Waals surface area contributed by atoms with Gasteiger partial charge in [-0.1, -0.05) is 27.2 Å². The van der Waals surface area contributed by atoms with Crippen LogP contribution in [0.3, 0.4) is 0 Å². The minimum atomic E-state index is 0.00678. The van der Waals surface area contributed by atoms with Gasteiger partial charge in [-0.2, -0.15) is 0 Å². The zero-order valence-corrected chi connectivity index (χ0v) is 11.1. The predicted octanol–water partition coefficient (Wildman–Crippen LogP) is 4.41. The Labute approximate surface area is 90.2 Å². The Bertz CT molecular complexity index is 157. The second-order valence-corrected chi connectivity index (χ2v) is 6.02. The Balaban J connectivity index is 4.19. The van der Waals surface area contributed by atoms with Gasteiger partial charge in [-0.15, -0.1) is 0 Å². The lowest BCUT2D eigenvalue weighted by Gasteiger charge is -2.36. The van der Waals surface area contributed by atoms with E-state index < -0.39 is 0 Å². The maximum atomic E-state index is 5.92. The van der Waals surface area contributed by atoms with Crippen LogP contribution in [0.2, 0.25) is 0 Å². The van der Waals surface area contributed by atoms with Crippen LogP contribution >= 0.6 is 0 Å². The summed E-state index contributed by atoms with van der Waals surface area (Å²) < 4.78 is 5.92. The van der Waals surface area contributed by atoms with Gasteiger partial charge in [-0.05, 0) is 46.0 Å². The van der Waals surface area contributed by atoms with Gasteiger partial charge in [0, 0.05) is 0 Å². The largest absolute Gasteiger partial charge is 0.373 e. The van der Waals surface area contributed by atoms with Crippen molar-refractivity contribution in [1.29, 1.82) is 0 Å². The molecule has 0 saturated carbocycles. The van der Waals surface area contributed by atoms with Gasteiger partial charge >= 0.3 is 0 Å². The van der Waals surface area contributed by atoms with E-state index in [0.29, 0.717) is 11.5 Å². The first-order chi connectivity index (χ1) is 6.18. The van der Waals surface area contributed by atoms with Crippen molar-refractivity contribution in [1.82, 2.24) is 0 Å². The van der Waals surface area contributed by atoms with Crippen molar-refractivity contribution in [2.45, 2.75) is 79.4 Å². The SMILES string of the molecule is CCCC(C)(C)CC(C)(C)OC(C)C. The fraction of sp³-hybridized carbons (Fsp3) is 1.00. The monoisotopic (exact) mass is 200 g/mol. The van der Waals surface area contributed by atoms with E-state index in [4.69, 9.17) is 4.74 Å². The highest BCUT2D eigenvalue weighted by molar-refractivity contribution is 4.80. The Morgan fingerprint density at radius 2 is 1.57 bits per heavy atom. The molecule has 0 N–H and O–H groups in total. The molecule has 0 rings (SSSR count). The molecule has 14 heavy (non-hydrogen) atoms. The summed E-state index contributed by atoms with van der Waals surface area (Å²) in [5.74, 6) is 0. The molecule has 1 nitrogen and oxygen atoms in total. The van der Waals surface area contributed by atoms with Gasteiger partial charge < -0.3 is 4.74 Å². The zero-order valence-electron chi connectivity index (χ0n) is 11.1. The third-order valence-corrected chi connectivity index (χ3v) is 2.39. The second kappa shape index (κ2) is 5.16. The van der Waals surface area contributed by atoms with Crippen molar-refractivity contribution in [2.75, 3.05) is 0 Å². The molecular weight excluding hydrogens is 172 g/mol. The van der Waals surface area contributed by atoms with Gasteiger partial charge in [-0.3, -0.25) is 0 Å². The third-order valence-electron chi connectivity index (χ3n) is 2.39. The van der Waals surface area contributed by atoms with Crippen LogP contribution < -0.4 is 0 Å². The summed E-state index contributed by atoms with van der Waals surface area (Å²) >= 11 is 0. The van der Waals surface area contributed by atoms with Crippen LogP contribution in [-0.4, -0.2) is 11.7 Å². The summed E-state index contributed by atoms with van der Waals surface area (Å²) in [6.45, 7) is 15.5. The molecule has 0 heterocycles. The van der Waals surface area contributed by atoms with Gasteiger partial charge in [0.1, 0.15) is 0 Å². The first kappa shape index (κ1) is 14.0. The van der Waals surface area contributed by atoms with Crippen LogP contribution in [0.1, 0.15) is 67.7 Å². The Morgan fingerprint density at radius 3 is 1.93 bits per heavy atom. The number of hydrogen-bond acceptors (Lipinski definition) is 1. The maximum Gasteiger partial charge on any atom is 0.0635 e. The van der Waals surface area contributed by atoms with E-state index >= 15 is 0 Å². The third kappa shape index (κ3) is 6.42. The number of rotatable bonds is 6. The zero-order chi connectivity index (χ0) is 11.4. The van der Waals surface area contributed by atoms with E-state index in [1.807, 2.05) is 0 Å². The fourth-order valence-corrected chi connectivity index (χ4v) is 2.60. The van der Waals surface area contributed by atoms with Gasteiger partial charge in [0.05, 0.1) is 11.7 Å². The van der Waals surface area contributed by atoms with Crippen LogP contribution in [0.5, 0.6) is 0 Å². The van der Waals surface area contributed by atoms with Crippen molar-refractivity contribution in [3.8, 4) is 0 Å². The lowest BCUT2D eigenvalue weighted by molar-refractivity contribution is -0.0793. The first-order valence-electron chi connectivity index (χ1n) is 5.86. The van der Waals surface area contributed by atoms with Crippen LogP contribution in [0.4, 0.5) is 0 Å².